The van der Waals surface area contributed by atoms with Crippen molar-refractivity contribution in [1.82, 2.24) is 5.01 Å². The van der Waals surface area contributed by atoms with Gasteiger partial charge in [0.25, 0.3) is 0 Å². The van der Waals surface area contributed by atoms with Crippen LogP contribution in [0, 0.1) is 5.21 Å². The molecule has 9 heteroatoms. The molecule has 2 N–H and O–H groups in total. The van der Waals surface area contributed by atoms with Gasteiger partial charge in [0.15, 0.2) is 6.04 Å². The van der Waals surface area contributed by atoms with Crippen molar-refractivity contribution >= 4 is 65.1 Å². The molecule has 1 atom stereocenters. The van der Waals surface area contributed by atoms with Crippen LogP contribution in [0.1, 0.15) is 12.8 Å². The number of carbonyl (C=O) groups is 1. The number of carboxylic acids is 1. The van der Waals surface area contributed by atoms with Crippen LogP contribution in [0.3, 0.4) is 0 Å². The zero-order chi connectivity index (χ0) is 9.14. The number of hydrazine groups is 1. The van der Waals surface area contributed by atoms with Crippen molar-refractivity contribution in [3.63, 3.8) is 0 Å². The Hall–Kier alpha value is 0.470. The standard InChI is InChI=1S/C5H9N3O4.2Na.2H/c9-5(10)4-2-1-3-7(4)8(12)6-11;;;;/h4,11H,1-3H2,(H,9,10);;;;/b8-6-;;;;/t4-;;;;/m0..../s1. The summed E-state index contributed by atoms with van der Waals surface area (Å²) in [6, 6.07) is -0.863. The molecule has 0 unspecified atom stereocenters. The fraction of sp³-hybridized carbons (Fsp3) is 0.800. The van der Waals surface area contributed by atoms with Gasteiger partial charge >= 0.3 is 65.1 Å². The Kier molecular flexibility index (Phi) is 9.31. The average Bonchev–Trinajstić information content (AvgIpc) is 2.50. The Bertz CT molecular complexity index is 225. The number of nitrogens with zero attached hydrogens (tertiary/aromatic N) is 3. The van der Waals surface area contributed by atoms with E-state index in [1.165, 1.54) is 0 Å². The SMILES string of the molecule is O=C(O)[C@@H]1CCCN1/[N+]([O-])=N/O.[NaH].[NaH]. The third-order valence-corrected chi connectivity index (χ3v) is 1.81. The minimum atomic E-state index is -1.07. The first-order valence-corrected chi connectivity index (χ1v) is 3.48. The third-order valence-electron chi connectivity index (χ3n) is 1.81. The van der Waals surface area contributed by atoms with Crippen LogP contribution in [-0.2, 0) is 4.79 Å². The van der Waals surface area contributed by atoms with Crippen molar-refractivity contribution in [3.8, 4) is 0 Å². The molecule has 0 radical (unpaired) electrons. The van der Waals surface area contributed by atoms with E-state index < -0.39 is 12.0 Å². The van der Waals surface area contributed by atoms with Crippen molar-refractivity contribution in [1.29, 1.82) is 0 Å². The van der Waals surface area contributed by atoms with E-state index in [0.29, 0.717) is 19.4 Å². The maximum atomic E-state index is 10.7. The topological polar surface area (TPSA) is 99.2 Å². The third kappa shape index (κ3) is 3.92. The first-order chi connectivity index (χ1) is 5.66. The van der Waals surface area contributed by atoms with Gasteiger partial charge in [0.05, 0.1) is 11.5 Å². The van der Waals surface area contributed by atoms with E-state index in [0.717, 1.165) is 5.01 Å². The fourth-order valence-corrected chi connectivity index (χ4v) is 1.26. The van der Waals surface area contributed by atoms with E-state index in [2.05, 4.69) is 5.28 Å². The number of hydrogen-bond donors (Lipinski definition) is 2. The Labute approximate surface area is 125 Å². The second-order valence-corrected chi connectivity index (χ2v) is 2.50. The molecule has 0 amide bonds. The van der Waals surface area contributed by atoms with Crippen LogP contribution in [-0.4, -0.2) is 98.0 Å². The van der Waals surface area contributed by atoms with Gasteiger partial charge in [-0.1, -0.05) is 0 Å². The molecule has 1 rings (SSSR count). The number of rotatable bonds is 2. The average molecular weight is 223 g/mol. The first-order valence-electron chi connectivity index (χ1n) is 3.48. The van der Waals surface area contributed by atoms with Crippen molar-refractivity contribution in [2.45, 2.75) is 18.9 Å². The van der Waals surface area contributed by atoms with Gasteiger partial charge in [0.1, 0.15) is 0 Å². The first kappa shape index (κ1) is 16.9. The van der Waals surface area contributed by atoms with Crippen LogP contribution in [0.4, 0.5) is 0 Å². The molecule has 1 aliphatic rings. The fourth-order valence-electron chi connectivity index (χ4n) is 1.26. The summed E-state index contributed by atoms with van der Waals surface area (Å²) in [6.07, 6.45) is 1.02. The molecule has 1 saturated heterocycles. The molecule has 1 fully saturated rings. The molecule has 14 heavy (non-hydrogen) atoms. The van der Waals surface area contributed by atoms with Gasteiger partial charge in [0.2, 0.25) is 5.28 Å². The van der Waals surface area contributed by atoms with Gasteiger partial charge in [-0.25, -0.2) is 4.79 Å². The van der Waals surface area contributed by atoms with Crippen LogP contribution in [0.15, 0.2) is 5.28 Å². The van der Waals surface area contributed by atoms with Crippen molar-refractivity contribution < 1.29 is 20.1 Å². The maximum absolute atomic E-state index is 10.7. The normalized spacial score (nSPS) is 21.0. The molecule has 0 aromatic rings. The molecule has 1 heterocycles. The molecule has 0 saturated carbocycles. The van der Waals surface area contributed by atoms with Gasteiger partial charge in [-0.05, 0) is 12.8 Å². The van der Waals surface area contributed by atoms with Gasteiger partial charge in [-0.2, -0.15) is 0 Å². The zero-order valence-corrected chi connectivity index (χ0v) is 6.25. The Morgan fingerprint density at radius 3 is 2.57 bits per heavy atom. The summed E-state index contributed by atoms with van der Waals surface area (Å²) < 4.78 is 0. The summed E-state index contributed by atoms with van der Waals surface area (Å²) in [4.78, 5) is 10.4. The summed E-state index contributed by atoms with van der Waals surface area (Å²) in [5, 5.41) is 30.7. The molecular weight excluding hydrogens is 212 g/mol. The van der Waals surface area contributed by atoms with Crippen LogP contribution in [0.2, 0.25) is 0 Å². The molecule has 1 aliphatic heterocycles. The quantitative estimate of drug-likeness (QED) is 0.257. The van der Waals surface area contributed by atoms with Crippen LogP contribution in [0.5, 0.6) is 0 Å². The Morgan fingerprint density at radius 2 is 2.14 bits per heavy atom. The Morgan fingerprint density at radius 1 is 1.57 bits per heavy atom. The number of aliphatic carboxylic acids is 1. The summed E-state index contributed by atoms with van der Waals surface area (Å²) >= 11 is 0. The van der Waals surface area contributed by atoms with Crippen molar-refractivity contribution in [2.75, 3.05) is 6.54 Å². The summed E-state index contributed by atoms with van der Waals surface area (Å²) in [5.41, 5.74) is 0. The molecule has 0 aromatic heterocycles. The monoisotopic (exact) mass is 223 g/mol. The van der Waals surface area contributed by atoms with Gasteiger partial charge in [-0.15, -0.1) is 5.01 Å². The van der Waals surface area contributed by atoms with Gasteiger partial charge in [-0.3, -0.25) is 0 Å². The van der Waals surface area contributed by atoms with Crippen molar-refractivity contribution in [3.05, 3.63) is 5.21 Å². The number of carboxylic acid groups (broad SMARTS) is 1. The molecule has 0 aliphatic carbocycles. The van der Waals surface area contributed by atoms with Gasteiger partial charge < -0.3 is 15.5 Å². The van der Waals surface area contributed by atoms with E-state index in [1.807, 2.05) is 0 Å². The van der Waals surface area contributed by atoms with E-state index in [1.54, 1.807) is 0 Å². The molecule has 0 spiro atoms. The second-order valence-electron chi connectivity index (χ2n) is 2.50. The molecule has 0 bridgehead atoms. The Balaban J connectivity index is 0. The molecule has 72 valence electrons. The minimum absolute atomic E-state index is 0. The molecule has 0 aromatic carbocycles. The summed E-state index contributed by atoms with van der Waals surface area (Å²) in [7, 11) is 0. The van der Waals surface area contributed by atoms with E-state index >= 15 is 0 Å². The summed E-state index contributed by atoms with van der Waals surface area (Å²) in [5.74, 6) is -1.07. The predicted molar refractivity (Wildman–Crippen MR) is 49.5 cm³/mol. The van der Waals surface area contributed by atoms with Crippen LogP contribution >= 0.6 is 0 Å². The van der Waals surface area contributed by atoms with Crippen LogP contribution in [0.25, 0.3) is 0 Å². The van der Waals surface area contributed by atoms with Gasteiger partial charge in [0, 0.05) is 0 Å². The molecular formula is C5H11N3Na2O4. The molecule has 7 nitrogen and oxygen atoms in total. The van der Waals surface area contributed by atoms with E-state index in [4.69, 9.17) is 10.3 Å². The van der Waals surface area contributed by atoms with Crippen LogP contribution < -0.4 is 0 Å². The summed E-state index contributed by atoms with van der Waals surface area (Å²) in [6.45, 7) is 0.310. The van der Waals surface area contributed by atoms with E-state index in [9.17, 15) is 10.0 Å². The van der Waals surface area contributed by atoms with Crippen molar-refractivity contribution in [2.24, 2.45) is 5.28 Å². The zero-order valence-electron chi connectivity index (χ0n) is 6.25. The number of hydrogen-bond acceptors (Lipinski definition) is 3. The predicted octanol–water partition coefficient (Wildman–Crippen LogP) is -1.49. The van der Waals surface area contributed by atoms with E-state index in [-0.39, 0.29) is 64.1 Å². The second kappa shape index (κ2) is 7.72.